The van der Waals surface area contributed by atoms with E-state index in [-0.39, 0.29) is 75.1 Å². The lowest BCUT2D eigenvalue weighted by Crippen LogP contribution is -2.54. The van der Waals surface area contributed by atoms with E-state index in [1.165, 1.54) is 37.6 Å². The van der Waals surface area contributed by atoms with Gasteiger partial charge in [-0.05, 0) is 72.4 Å². The molecular weight excluding hydrogens is 912 g/mol. The molecule has 1 spiro atoms. The summed E-state index contributed by atoms with van der Waals surface area (Å²) in [5.41, 5.74) is -0.497. The van der Waals surface area contributed by atoms with Crippen molar-refractivity contribution in [2.24, 2.45) is 5.41 Å². The van der Waals surface area contributed by atoms with Crippen LogP contribution in [0, 0.1) is 11.2 Å². The summed E-state index contributed by atoms with van der Waals surface area (Å²) in [7, 11) is 1.38. The van der Waals surface area contributed by atoms with Gasteiger partial charge < -0.3 is 30.5 Å². The number of ether oxygens (including phenoxy) is 1. The van der Waals surface area contributed by atoms with E-state index in [4.69, 9.17) is 16.3 Å². The number of fused-ring (bicyclic) bond motifs is 3. The number of carbonyl (C=O) groups excluding carboxylic acids is 6. The average molecular weight is 959 g/mol. The van der Waals surface area contributed by atoms with Gasteiger partial charge in [-0.3, -0.25) is 44.0 Å². The number of benzene rings is 3. The average Bonchev–Trinajstić information content (AvgIpc) is 3.92. The van der Waals surface area contributed by atoms with Crippen LogP contribution in [0.4, 0.5) is 34.6 Å². The standard InChI is InChI=1S/C48H47ClF4N8O7/c1-46(2,3)21-36-47(23-55-32-20-35(48(51,52)53)54-22-29(32)47)38(27-6-5-7-30(49)39(27)50)40(57-36)42(64)56-31-11-8-24(18-34(31)68-4)43(65)60-16-14-59(15-17-60)25-9-10-26-28(19-25)45(67)61(44(26)66)33-12-13-37(62)58-41(33)63/h5-11,18-20,22,33,36,38,40,55,57H,12-17,21,23H2,1-4H3,(H,56,64)(H,58,62,63)/t33?,36-,38-,40+,47-/m0/s1. The van der Waals surface area contributed by atoms with E-state index in [0.29, 0.717) is 43.9 Å². The molecule has 5 aliphatic heterocycles. The zero-order valence-corrected chi connectivity index (χ0v) is 38.1. The third-order valence-electron chi connectivity index (χ3n) is 13.6. The van der Waals surface area contributed by atoms with Gasteiger partial charge in [0.25, 0.3) is 17.7 Å². The second kappa shape index (κ2) is 17.2. The highest BCUT2D eigenvalue weighted by Crippen LogP contribution is 2.57. The molecule has 0 aliphatic carbocycles. The molecule has 4 N–H and O–H groups in total. The second-order valence-corrected chi connectivity index (χ2v) is 19.4. The first kappa shape index (κ1) is 46.5. The van der Waals surface area contributed by atoms with Crippen molar-refractivity contribution in [2.75, 3.05) is 55.4 Å². The number of piperidine rings is 1. The summed E-state index contributed by atoms with van der Waals surface area (Å²) in [6, 6.07) is 12.0. The van der Waals surface area contributed by atoms with Gasteiger partial charge in [0.05, 0.1) is 35.0 Å². The third kappa shape index (κ3) is 8.07. The summed E-state index contributed by atoms with van der Waals surface area (Å²) in [5.74, 6) is -4.89. The number of pyridine rings is 1. The molecule has 5 atom stereocenters. The maximum atomic E-state index is 16.3. The smallest absolute Gasteiger partial charge is 0.433 e. The Bertz CT molecular complexity index is 2790. The summed E-state index contributed by atoms with van der Waals surface area (Å²) in [4.78, 5) is 87.8. The van der Waals surface area contributed by atoms with Crippen molar-refractivity contribution >= 4 is 64.1 Å². The molecular formula is C48H47ClF4N8O7. The van der Waals surface area contributed by atoms with Gasteiger partial charge in [-0.25, -0.2) is 4.39 Å². The minimum atomic E-state index is -4.72. The van der Waals surface area contributed by atoms with Gasteiger partial charge >= 0.3 is 6.18 Å². The van der Waals surface area contributed by atoms with E-state index >= 15 is 4.39 Å². The van der Waals surface area contributed by atoms with Gasteiger partial charge in [-0.15, -0.1) is 0 Å². The minimum Gasteiger partial charge on any atom is -0.495 e. The fourth-order valence-corrected chi connectivity index (χ4v) is 10.7. The van der Waals surface area contributed by atoms with E-state index in [1.807, 2.05) is 25.7 Å². The van der Waals surface area contributed by atoms with Gasteiger partial charge in [0.2, 0.25) is 17.7 Å². The lowest BCUT2D eigenvalue weighted by molar-refractivity contribution is -0.141. The molecule has 356 valence electrons. The number of imide groups is 2. The Morgan fingerprint density at radius 1 is 0.956 bits per heavy atom. The molecule has 3 fully saturated rings. The molecule has 5 aliphatic rings. The largest absolute Gasteiger partial charge is 0.495 e. The van der Waals surface area contributed by atoms with Crippen molar-refractivity contribution in [3.8, 4) is 5.75 Å². The monoisotopic (exact) mass is 958 g/mol. The summed E-state index contributed by atoms with van der Waals surface area (Å²) in [5, 5.41) is 11.5. The lowest BCUT2D eigenvalue weighted by Gasteiger charge is -2.39. The molecule has 1 unspecified atom stereocenters. The predicted molar refractivity (Wildman–Crippen MR) is 241 cm³/mol. The zero-order valence-electron chi connectivity index (χ0n) is 37.4. The third-order valence-corrected chi connectivity index (χ3v) is 13.9. The Balaban J connectivity index is 0.932. The molecule has 0 saturated carbocycles. The highest BCUT2D eigenvalue weighted by atomic mass is 35.5. The van der Waals surface area contributed by atoms with Crippen LogP contribution in [-0.2, 0) is 26.0 Å². The maximum Gasteiger partial charge on any atom is 0.433 e. The van der Waals surface area contributed by atoms with Gasteiger partial charge in [-0.2, -0.15) is 13.2 Å². The molecule has 0 radical (unpaired) electrons. The van der Waals surface area contributed by atoms with Crippen molar-refractivity contribution in [1.29, 1.82) is 0 Å². The van der Waals surface area contributed by atoms with Crippen molar-refractivity contribution in [3.63, 3.8) is 0 Å². The second-order valence-electron chi connectivity index (χ2n) is 18.9. The quantitative estimate of drug-likeness (QED) is 0.118. The molecule has 6 heterocycles. The Kier molecular flexibility index (Phi) is 11.7. The number of carbonyl (C=O) groups is 6. The number of amides is 6. The number of methoxy groups -OCH3 is 1. The van der Waals surface area contributed by atoms with Gasteiger partial charge in [0.15, 0.2) is 0 Å². The van der Waals surface area contributed by atoms with E-state index < -0.39 is 76.7 Å². The summed E-state index contributed by atoms with van der Waals surface area (Å²) in [6.45, 7) is 7.41. The number of halogens is 5. The van der Waals surface area contributed by atoms with Crippen LogP contribution >= 0.6 is 11.6 Å². The Morgan fingerprint density at radius 2 is 1.69 bits per heavy atom. The van der Waals surface area contributed by atoms with E-state index in [9.17, 15) is 41.9 Å². The first-order valence-corrected chi connectivity index (χ1v) is 22.5. The van der Waals surface area contributed by atoms with Crippen LogP contribution in [-0.4, -0.2) is 108 Å². The number of alkyl halides is 3. The fourth-order valence-electron chi connectivity index (χ4n) is 10.5. The molecule has 3 saturated heterocycles. The van der Waals surface area contributed by atoms with Crippen LogP contribution in [0.3, 0.4) is 0 Å². The Morgan fingerprint density at radius 3 is 2.38 bits per heavy atom. The SMILES string of the molecule is COc1cc(C(=O)N2CCN(c3ccc4c(c3)C(=O)N(C3CCC(=O)NC3=O)C4=O)CC2)ccc1NC(=O)[C@@H]1N[C@@H](CC(C)(C)C)[C@@]2(CNc3cc(C(F)(F)F)ncc32)[C@H]1c1cccc(Cl)c1F. The van der Waals surface area contributed by atoms with Crippen molar-refractivity contribution in [1.82, 2.24) is 25.4 Å². The van der Waals surface area contributed by atoms with Crippen LogP contribution in [0.5, 0.6) is 5.75 Å². The first-order chi connectivity index (χ1) is 32.2. The van der Waals surface area contributed by atoms with Crippen LogP contribution in [0.15, 0.2) is 66.9 Å². The van der Waals surface area contributed by atoms with Gasteiger partial charge in [-0.1, -0.05) is 44.5 Å². The van der Waals surface area contributed by atoms with E-state index in [0.717, 1.165) is 11.0 Å². The number of anilines is 3. The van der Waals surface area contributed by atoms with Crippen LogP contribution in [0.2, 0.25) is 5.02 Å². The number of hydrogen-bond donors (Lipinski definition) is 4. The molecule has 0 bridgehead atoms. The predicted octanol–water partition coefficient (Wildman–Crippen LogP) is 6.13. The number of piperazine rings is 1. The van der Waals surface area contributed by atoms with E-state index in [1.54, 1.807) is 35.2 Å². The first-order valence-electron chi connectivity index (χ1n) is 22.1. The van der Waals surface area contributed by atoms with Crippen LogP contribution in [0.25, 0.3) is 0 Å². The van der Waals surface area contributed by atoms with E-state index in [2.05, 4.69) is 26.3 Å². The summed E-state index contributed by atoms with van der Waals surface area (Å²) >= 11 is 6.35. The Labute approximate surface area is 392 Å². The van der Waals surface area contributed by atoms with Crippen LogP contribution in [0.1, 0.15) is 93.8 Å². The molecule has 15 nitrogen and oxygen atoms in total. The number of aromatic nitrogens is 1. The van der Waals surface area contributed by atoms with Crippen molar-refractivity contribution in [2.45, 2.75) is 75.7 Å². The fraction of sp³-hybridized carbons (Fsp3) is 0.396. The van der Waals surface area contributed by atoms with Crippen LogP contribution < -0.4 is 30.9 Å². The molecule has 1 aromatic heterocycles. The molecule has 9 rings (SSSR count). The number of rotatable bonds is 8. The normalized spacial score (nSPS) is 23.7. The van der Waals surface area contributed by atoms with Crippen molar-refractivity contribution < 1.29 is 51.1 Å². The van der Waals surface area contributed by atoms with Gasteiger partial charge in [0, 0.05) is 85.2 Å². The highest BCUT2D eigenvalue weighted by Gasteiger charge is 2.62. The topological polar surface area (TPSA) is 182 Å². The molecule has 68 heavy (non-hydrogen) atoms. The maximum absolute atomic E-state index is 16.3. The summed E-state index contributed by atoms with van der Waals surface area (Å²) in [6.07, 6.45) is -3.06. The number of nitrogens with one attached hydrogen (secondary N) is 4. The van der Waals surface area contributed by atoms with Gasteiger partial charge in [0.1, 0.15) is 23.3 Å². The minimum absolute atomic E-state index is 0.00827. The molecule has 6 amide bonds. The highest BCUT2D eigenvalue weighted by molar-refractivity contribution is 6.30. The number of nitrogens with zero attached hydrogens (tertiary/aromatic N) is 4. The zero-order chi connectivity index (χ0) is 48.6. The molecule has 4 aromatic rings. The summed E-state index contributed by atoms with van der Waals surface area (Å²) < 4.78 is 63.6. The van der Waals surface area contributed by atoms with Crippen molar-refractivity contribution in [3.05, 3.63) is 111 Å². The number of hydrogen-bond acceptors (Lipinski definition) is 11. The molecule has 3 aromatic carbocycles. The Hall–Kier alpha value is -6.60. The molecule has 20 heteroatoms. The lowest BCUT2D eigenvalue weighted by atomic mass is 9.63.